The van der Waals surface area contributed by atoms with Crippen molar-refractivity contribution in [1.82, 2.24) is 5.32 Å². The van der Waals surface area contributed by atoms with E-state index in [2.05, 4.69) is 5.32 Å². The number of hydrogen-bond acceptors (Lipinski definition) is 4. The van der Waals surface area contributed by atoms with Gasteiger partial charge in [0.15, 0.2) is 0 Å². The van der Waals surface area contributed by atoms with Crippen LogP contribution in [0.15, 0.2) is 66.7 Å². The maximum Gasteiger partial charge on any atom is 0.251 e. The number of halogens is 2. The fraction of sp³-hybridized carbons (Fsp3) is 0.208. The molecule has 0 bridgehead atoms. The number of anilines is 1. The number of hydrogen-bond donors (Lipinski definition) is 1. The molecule has 0 aliphatic heterocycles. The van der Waals surface area contributed by atoms with Crippen LogP contribution in [0.4, 0.5) is 5.69 Å². The molecule has 174 valence electrons. The van der Waals surface area contributed by atoms with Crippen molar-refractivity contribution in [3.8, 4) is 5.75 Å². The van der Waals surface area contributed by atoms with E-state index in [0.717, 1.165) is 17.6 Å². The van der Waals surface area contributed by atoms with Gasteiger partial charge in [0.1, 0.15) is 5.75 Å². The van der Waals surface area contributed by atoms with Crippen molar-refractivity contribution in [3.05, 3.63) is 93.5 Å². The van der Waals surface area contributed by atoms with Gasteiger partial charge in [-0.2, -0.15) is 0 Å². The molecule has 0 atom stereocenters. The van der Waals surface area contributed by atoms with Crippen LogP contribution in [-0.2, 0) is 23.1 Å². The zero-order valence-electron chi connectivity index (χ0n) is 18.2. The maximum atomic E-state index is 12.5. The van der Waals surface area contributed by atoms with Gasteiger partial charge in [-0.1, -0.05) is 41.4 Å². The molecule has 3 aromatic rings. The smallest absolute Gasteiger partial charge is 0.251 e. The molecule has 1 amide bonds. The lowest BCUT2D eigenvalue weighted by molar-refractivity contribution is 0.0951. The maximum absolute atomic E-state index is 12.5. The van der Waals surface area contributed by atoms with Crippen LogP contribution < -0.4 is 14.4 Å². The van der Waals surface area contributed by atoms with Gasteiger partial charge < -0.3 is 10.1 Å². The Hall–Kier alpha value is -2.74. The van der Waals surface area contributed by atoms with E-state index in [-0.39, 0.29) is 12.5 Å². The predicted octanol–water partition coefficient (Wildman–Crippen LogP) is 5.29. The summed E-state index contributed by atoms with van der Waals surface area (Å²) in [7, 11) is -3.63. The lowest BCUT2D eigenvalue weighted by Gasteiger charge is -2.23. The third-order valence-corrected chi connectivity index (χ3v) is 6.72. The van der Waals surface area contributed by atoms with E-state index in [4.69, 9.17) is 27.9 Å². The van der Waals surface area contributed by atoms with Crippen molar-refractivity contribution in [2.75, 3.05) is 17.2 Å². The SMILES string of the molecule is CCOc1ccc(CNC(=O)c2ccc(N(Cc3c(Cl)cccc3Cl)S(C)(=O)=O)cc2)cc1. The number of sulfonamides is 1. The highest BCUT2D eigenvalue weighted by Gasteiger charge is 2.21. The van der Waals surface area contributed by atoms with Gasteiger partial charge in [-0.25, -0.2) is 8.42 Å². The third-order valence-electron chi connectivity index (χ3n) is 4.87. The van der Waals surface area contributed by atoms with Crippen molar-refractivity contribution >= 4 is 44.8 Å². The van der Waals surface area contributed by atoms with E-state index >= 15 is 0 Å². The van der Waals surface area contributed by atoms with Gasteiger partial charge in [-0.05, 0) is 61.0 Å². The van der Waals surface area contributed by atoms with E-state index in [9.17, 15) is 13.2 Å². The minimum absolute atomic E-state index is 0.0272. The van der Waals surface area contributed by atoms with Crippen LogP contribution in [0.1, 0.15) is 28.4 Å². The van der Waals surface area contributed by atoms with Crippen molar-refractivity contribution in [2.24, 2.45) is 0 Å². The molecule has 6 nitrogen and oxygen atoms in total. The van der Waals surface area contributed by atoms with Gasteiger partial charge >= 0.3 is 0 Å². The van der Waals surface area contributed by atoms with Crippen LogP contribution >= 0.6 is 23.2 Å². The first-order valence-corrected chi connectivity index (χ1v) is 12.8. The number of nitrogens with one attached hydrogen (secondary N) is 1. The third kappa shape index (κ3) is 6.63. The van der Waals surface area contributed by atoms with Gasteiger partial charge in [0.2, 0.25) is 10.0 Å². The molecule has 0 fully saturated rings. The molecule has 0 radical (unpaired) electrons. The normalized spacial score (nSPS) is 11.2. The quantitative estimate of drug-likeness (QED) is 0.427. The molecule has 0 saturated carbocycles. The van der Waals surface area contributed by atoms with Crippen molar-refractivity contribution in [3.63, 3.8) is 0 Å². The standard InChI is InChI=1S/C24H24Cl2N2O4S/c1-3-32-20-13-7-17(8-14-20)15-27-24(29)18-9-11-19(12-10-18)28(33(2,30)31)16-21-22(25)5-4-6-23(21)26/h4-14H,3,15-16H2,1-2H3,(H,27,29). The van der Waals surface area contributed by atoms with Crippen molar-refractivity contribution in [2.45, 2.75) is 20.0 Å². The molecule has 0 saturated heterocycles. The Balaban J connectivity index is 1.71. The van der Waals surface area contributed by atoms with Gasteiger partial charge in [0.25, 0.3) is 5.91 Å². The highest BCUT2D eigenvalue weighted by atomic mass is 35.5. The molecule has 3 aromatic carbocycles. The lowest BCUT2D eigenvalue weighted by atomic mass is 10.1. The Morgan fingerprint density at radius 1 is 0.970 bits per heavy atom. The minimum Gasteiger partial charge on any atom is -0.494 e. The number of benzene rings is 3. The number of nitrogens with zero attached hydrogens (tertiary/aromatic N) is 1. The Bertz CT molecular complexity index is 1190. The Morgan fingerprint density at radius 2 is 1.58 bits per heavy atom. The first kappa shape index (κ1) is 24.9. The molecule has 9 heteroatoms. The second kappa shape index (κ2) is 10.9. The van der Waals surface area contributed by atoms with Gasteiger partial charge in [-0.15, -0.1) is 0 Å². The first-order valence-electron chi connectivity index (χ1n) is 10.2. The van der Waals surface area contributed by atoms with E-state index < -0.39 is 10.0 Å². The highest BCUT2D eigenvalue weighted by Crippen LogP contribution is 2.29. The summed E-state index contributed by atoms with van der Waals surface area (Å²) in [5, 5.41) is 3.61. The zero-order chi connectivity index (χ0) is 24.0. The predicted molar refractivity (Wildman–Crippen MR) is 133 cm³/mol. The number of amides is 1. The molecule has 0 aromatic heterocycles. The summed E-state index contributed by atoms with van der Waals surface area (Å²) in [6.45, 7) is 2.84. The molecule has 1 N–H and O–H groups in total. The van der Waals surface area contributed by atoms with E-state index in [1.807, 2.05) is 31.2 Å². The van der Waals surface area contributed by atoms with Crippen LogP contribution in [0, 0.1) is 0 Å². The molecule has 0 spiro atoms. The first-order chi connectivity index (χ1) is 15.7. The van der Waals surface area contributed by atoms with E-state index in [1.165, 1.54) is 4.31 Å². The highest BCUT2D eigenvalue weighted by molar-refractivity contribution is 7.92. The molecule has 3 rings (SSSR count). The number of carbonyl (C=O) groups excluding carboxylic acids is 1. The Kier molecular flexibility index (Phi) is 8.24. The summed E-state index contributed by atoms with van der Waals surface area (Å²) in [5.41, 5.74) is 2.25. The fourth-order valence-electron chi connectivity index (χ4n) is 3.16. The van der Waals surface area contributed by atoms with Crippen LogP contribution in [-0.4, -0.2) is 27.2 Å². The van der Waals surface area contributed by atoms with E-state index in [0.29, 0.717) is 40.0 Å². The lowest BCUT2D eigenvalue weighted by Crippen LogP contribution is -2.29. The van der Waals surface area contributed by atoms with Crippen LogP contribution in [0.25, 0.3) is 0 Å². The molecule has 0 aliphatic rings. The number of carbonyl (C=O) groups is 1. The Labute approximate surface area is 204 Å². The average Bonchev–Trinajstić information content (AvgIpc) is 2.78. The summed E-state index contributed by atoms with van der Waals surface area (Å²) in [6.07, 6.45) is 1.11. The zero-order valence-corrected chi connectivity index (χ0v) is 20.5. The monoisotopic (exact) mass is 506 g/mol. The van der Waals surface area contributed by atoms with Crippen LogP contribution in [0.2, 0.25) is 10.0 Å². The molecule has 33 heavy (non-hydrogen) atoms. The second-order valence-corrected chi connectivity index (χ2v) is 10.00. The molecule has 0 unspecified atom stereocenters. The number of ether oxygens (including phenoxy) is 1. The van der Waals surface area contributed by atoms with Crippen LogP contribution in [0.5, 0.6) is 5.75 Å². The molecule has 0 aliphatic carbocycles. The molecular formula is C24H24Cl2N2O4S. The summed E-state index contributed by atoms with van der Waals surface area (Å²) in [6, 6.07) is 18.8. The van der Waals surface area contributed by atoms with Gasteiger partial charge in [-0.3, -0.25) is 9.10 Å². The van der Waals surface area contributed by atoms with E-state index in [1.54, 1.807) is 42.5 Å². The van der Waals surface area contributed by atoms with Gasteiger partial charge in [0, 0.05) is 27.7 Å². The molecular weight excluding hydrogens is 483 g/mol. The summed E-state index contributed by atoms with van der Waals surface area (Å²) >= 11 is 12.4. The van der Waals surface area contributed by atoms with Crippen molar-refractivity contribution in [1.29, 1.82) is 0 Å². The van der Waals surface area contributed by atoms with Crippen molar-refractivity contribution < 1.29 is 17.9 Å². The summed E-state index contributed by atoms with van der Waals surface area (Å²) in [5.74, 6) is 0.507. The Morgan fingerprint density at radius 3 is 2.12 bits per heavy atom. The van der Waals surface area contributed by atoms with Gasteiger partial charge in [0.05, 0.1) is 25.1 Å². The number of rotatable bonds is 9. The van der Waals surface area contributed by atoms with Crippen LogP contribution in [0.3, 0.4) is 0 Å². The largest absolute Gasteiger partial charge is 0.494 e. The fourth-order valence-corrected chi connectivity index (χ4v) is 4.55. The average molecular weight is 507 g/mol. The summed E-state index contributed by atoms with van der Waals surface area (Å²) in [4.78, 5) is 12.5. The molecule has 0 heterocycles. The minimum atomic E-state index is -3.63. The summed E-state index contributed by atoms with van der Waals surface area (Å²) < 4.78 is 31.5. The topological polar surface area (TPSA) is 75.7 Å². The second-order valence-electron chi connectivity index (χ2n) is 7.28.